The van der Waals surface area contributed by atoms with Crippen molar-refractivity contribution >= 4 is 46.9 Å². The third-order valence-corrected chi connectivity index (χ3v) is 7.06. The number of carboxylic acid groups (broad SMARTS) is 1. The molecule has 0 fully saturated rings. The van der Waals surface area contributed by atoms with Gasteiger partial charge in [-0.15, -0.1) is 0 Å². The lowest BCUT2D eigenvalue weighted by molar-refractivity contribution is -0.144. The van der Waals surface area contributed by atoms with Crippen LogP contribution in [-0.2, 0) is 23.9 Å². The van der Waals surface area contributed by atoms with Gasteiger partial charge in [-0.05, 0) is 30.3 Å². The minimum atomic E-state index is -1.33. The molecule has 3 aromatic rings. The third kappa shape index (κ3) is 7.32. The predicted octanol–water partition coefficient (Wildman–Crippen LogP) is 5.09. The fraction of sp³-hybridized carbons (Fsp3) is 0.355. The highest BCUT2D eigenvalue weighted by atomic mass is 35.5. The minimum Gasteiger partial charge on any atom is -0.493 e. The molecule has 13 heteroatoms. The Labute approximate surface area is 258 Å². The fourth-order valence-electron chi connectivity index (χ4n) is 4.87. The van der Waals surface area contributed by atoms with Crippen molar-refractivity contribution in [3.05, 3.63) is 70.4 Å². The Hall–Kier alpha value is -4.55. The summed E-state index contributed by atoms with van der Waals surface area (Å²) in [5.41, 5.74) is 0.817. The van der Waals surface area contributed by atoms with Gasteiger partial charge in [-0.25, -0.2) is 4.79 Å². The predicted molar refractivity (Wildman–Crippen MR) is 159 cm³/mol. The molecule has 2 aromatic carbocycles. The molecule has 2 N–H and O–H groups in total. The van der Waals surface area contributed by atoms with E-state index in [1.807, 2.05) is 13.8 Å². The highest BCUT2D eigenvalue weighted by Gasteiger charge is 2.41. The van der Waals surface area contributed by atoms with Crippen molar-refractivity contribution in [2.24, 2.45) is 5.41 Å². The van der Waals surface area contributed by atoms with Crippen LogP contribution in [-0.4, -0.2) is 62.3 Å². The summed E-state index contributed by atoms with van der Waals surface area (Å²) in [5.74, 6) is -2.63. The number of fused-ring (bicyclic) bond motifs is 1. The number of carbonyl (C=O) groups excluding carboxylic acids is 3. The van der Waals surface area contributed by atoms with Crippen molar-refractivity contribution < 1.29 is 47.6 Å². The van der Waals surface area contributed by atoms with E-state index in [1.165, 1.54) is 38.2 Å². The maximum atomic E-state index is 14.3. The van der Waals surface area contributed by atoms with Gasteiger partial charge in [0.15, 0.2) is 11.5 Å². The Kier molecular flexibility index (Phi) is 9.85. The van der Waals surface area contributed by atoms with Crippen LogP contribution in [0.15, 0.2) is 52.9 Å². The molecule has 0 spiro atoms. The molecular formula is C31H33ClN2O10. The van der Waals surface area contributed by atoms with Gasteiger partial charge in [0, 0.05) is 46.8 Å². The number of esters is 1. The summed E-state index contributed by atoms with van der Waals surface area (Å²) in [6, 6.07) is 12.7. The summed E-state index contributed by atoms with van der Waals surface area (Å²) in [5, 5.41) is 12.0. The van der Waals surface area contributed by atoms with Crippen LogP contribution in [0.5, 0.6) is 11.5 Å². The van der Waals surface area contributed by atoms with Gasteiger partial charge in [-0.3, -0.25) is 19.7 Å². The Balaban J connectivity index is 1.80. The summed E-state index contributed by atoms with van der Waals surface area (Å²) in [6.45, 7) is 5.10. The van der Waals surface area contributed by atoms with E-state index in [9.17, 15) is 19.2 Å². The highest BCUT2D eigenvalue weighted by Crippen LogP contribution is 2.45. The van der Waals surface area contributed by atoms with E-state index in [2.05, 4.69) is 5.32 Å². The summed E-state index contributed by atoms with van der Waals surface area (Å²) < 4.78 is 28.1. The highest BCUT2D eigenvalue weighted by molar-refractivity contribution is 6.30. The van der Waals surface area contributed by atoms with E-state index in [0.717, 1.165) is 0 Å². The molecule has 1 aliphatic heterocycles. The molecule has 1 aromatic heterocycles. The second-order valence-corrected chi connectivity index (χ2v) is 11.3. The number of amides is 2. The Morgan fingerprint density at radius 1 is 1.07 bits per heavy atom. The number of carbonyl (C=O) groups is 4. The number of benzene rings is 2. The van der Waals surface area contributed by atoms with Crippen LogP contribution in [0.3, 0.4) is 0 Å². The largest absolute Gasteiger partial charge is 0.493 e. The van der Waals surface area contributed by atoms with Gasteiger partial charge in [0.2, 0.25) is 17.6 Å². The number of rotatable bonds is 11. The Bertz CT molecular complexity index is 1570. The number of para-hydroxylation sites is 1. The van der Waals surface area contributed by atoms with Gasteiger partial charge in [-0.1, -0.05) is 37.6 Å². The summed E-state index contributed by atoms with van der Waals surface area (Å²) in [7, 11) is 2.97. The van der Waals surface area contributed by atoms with Crippen LogP contribution in [0.1, 0.15) is 55.0 Å². The van der Waals surface area contributed by atoms with Crippen LogP contribution >= 0.6 is 11.6 Å². The number of halogens is 1. The molecule has 0 aliphatic carbocycles. The normalized spacial score (nSPS) is 16.5. The van der Waals surface area contributed by atoms with Crippen molar-refractivity contribution in [3.63, 3.8) is 0 Å². The molecule has 1 aliphatic rings. The average Bonchev–Trinajstić information content (AvgIpc) is 3.41. The summed E-state index contributed by atoms with van der Waals surface area (Å²) in [6.07, 6.45) is -2.73. The number of ether oxygens (including phenoxy) is 4. The van der Waals surface area contributed by atoms with Gasteiger partial charge >= 0.3 is 11.9 Å². The topological polar surface area (TPSA) is 154 Å². The van der Waals surface area contributed by atoms with Crippen LogP contribution in [0.2, 0.25) is 5.02 Å². The number of methoxy groups -OCH3 is 2. The van der Waals surface area contributed by atoms with Crippen LogP contribution in [0.25, 0.3) is 0 Å². The zero-order valence-corrected chi connectivity index (χ0v) is 25.6. The first-order valence-electron chi connectivity index (χ1n) is 13.6. The van der Waals surface area contributed by atoms with E-state index >= 15 is 0 Å². The van der Waals surface area contributed by atoms with Crippen molar-refractivity contribution in [1.82, 2.24) is 0 Å². The second kappa shape index (κ2) is 13.4. The molecule has 0 unspecified atom stereocenters. The molecule has 2 amide bonds. The number of aromatic carboxylic acids is 1. The number of hydrogen-bond acceptors (Lipinski definition) is 9. The van der Waals surface area contributed by atoms with Gasteiger partial charge in [0.25, 0.3) is 5.91 Å². The van der Waals surface area contributed by atoms with Gasteiger partial charge in [0.05, 0.1) is 27.2 Å². The van der Waals surface area contributed by atoms with Crippen LogP contribution in [0, 0.1) is 5.41 Å². The molecule has 2 atom stereocenters. The van der Waals surface area contributed by atoms with Gasteiger partial charge < -0.3 is 33.4 Å². The zero-order chi connectivity index (χ0) is 32.2. The van der Waals surface area contributed by atoms with Crippen LogP contribution < -0.4 is 19.7 Å². The fourth-order valence-corrected chi connectivity index (χ4v) is 5.06. The Morgan fingerprint density at radius 2 is 1.82 bits per heavy atom. The Morgan fingerprint density at radius 3 is 2.45 bits per heavy atom. The maximum Gasteiger partial charge on any atom is 0.371 e. The monoisotopic (exact) mass is 628 g/mol. The van der Waals surface area contributed by atoms with Gasteiger partial charge in [-0.2, -0.15) is 0 Å². The molecular weight excluding hydrogens is 596 g/mol. The van der Waals surface area contributed by atoms with E-state index in [-0.39, 0.29) is 24.8 Å². The van der Waals surface area contributed by atoms with E-state index in [1.54, 1.807) is 36.4 Å². The van der Waals surface area contributed by atoms with Crippen molar-refractivity contribution in [3.8, 4) is 11.5 Å². The number of anilines is 2. The third-order valence-electron chi connectivity index (χ3n) is 6.82. The molecule has 44 heavy (non-hydrogen) atoms. The molecule has 0 saturated carbocycles. The minimum absolute atomic E-state index is 0.0264. The average molecular weight is 629 g/mol. The first kappa shape index (κ1) is 32.4. The second-order valence-electron chi connectivity index (χ2n) is 10.9. The van der Waals surface area contributed by atoms with E-state index in [4.69, 9.17) is 40.1 Å². The number of hydrogen-bond donors (Lipinski definition) is 2. The lowest BCUT2D eigenvalue weighted by Gasteiger charge is -2.33. The quantitative estimate of drug-likeness (QED) is 0.275. The number of nitrogens with one attached hydrogen (secondary N) is 1. The molecule has 0 saturated heterocycles. The van der Waals surface area contributed by atoms with Gasteiger partial charge in [0.1, 0.15) is 12.2 Å². The van der Waals surface area contributed by atoms with Crippen molar-refractivity contribution in [1.29, 1.82) is 0 Å². The first-order chi connectivity index (χ1) is 20.8. The maximum absolute atomic E-state index is 14.3. The number of carboxylic acids is 1. The molecule has 12 nitrogen and oxygen atoms in total. The van der Waals surface area contributed by atoms with Crippen LogP contribution in [0.4, 0.5) is 11.6 Å². The van der Waals surface area contributed by atoms with Crippen molar-refractivity contribution in [2.75, 3.05) is 37.6 Å². The standard InChI is InChI=1S/C31H33ClN2O10/c1-17(35)42-16-31(2,3)15-34-21-10-9-18(32)13-20(21)27(19-7-6-8-22(40-4)28(19)41-5)44-24(29(34)37)14-25(36)33-26-12-11-23(43-26)30(38)39/h6-13,24,27H,14-16H2,1-5H3,(H,33,36)(H,38,39)/t24-,27-/m1/s1. The van der Waals surface area contributed by atoms with E-state index in [0.29, 0.717) is 33.3 Å². The summed E-state index contributed by atoms with van der Waals surface area (Å²) in [4.78, 5) is 51.7. The molecule has 0 radical (unpaired) electrons. The number of furan rings is 1. The SMILES string of the molecule is COc1cccc([C@H]2O[C@H](CC(=O)Nc3ccc(C(=O)O)o3)C(=O)N(CC(C)(C)COC(C)=O)c3ccc(Cl)cc32)c1OC. The van der Waals surface area contributed by atoms with Crippen molar-refractivity contribution in [2.45, 2.75) is 39.4 Å². The molecule has 0 bridgehead atoms. The summed E-state index contributed by atoms with van der Waals surface area (Å²) >= 11 is 6.46. The number of nitrogens with zero attached hydrogens (tertiary/aromatic N) is 1. The van der Waals surface area contributed by atoms with E-state index < -0.39 is 47.8 Å². The zero-order valence-electron chi connectivity index (χ0n) is 24.8. The first-order valence-corrected chi connectivity index (χ1v) is 13.9. The lowest BCUT2D eigenvalue weighted by Crippen LogP contribution is -2.46. The molecule has 4 rings (SSSR count). The molecule has 2 heterocycles. The molecule has 234 valence electrons. The lowest BCUT2D eigenvalue weighted by atomic mass is 9.92. The smallest absolute Gasteiger partial charge is 0.371 e.